The maximum atomic E-state index is 11.5. The van der Waals surface area contributed by atoms with Gasteiger partial charge in [0.2, 0.25) is 0 Å². The highest BCUT2D eigenvalue weighted by atomic mass is 16.5. The second-order valence-corrected chi connectivity index (χ2v) is 4.62. The third-order valence-electron chi connectivity index (χ3n) is 3.50. The predicted molar refractivity (Wildman–Crippen MR) is 66.4 cm³/mol. The minimum Gasteiger partial charge on any atom is -0.461 e. The summed E-state index contributed by atoms with van der Waals surface area (Å²) in [6.45, 7) is 5.98. The average Bonchev–Trinajstić information content (AvgIpc) is 2.89. The van der Waals surface area contributed by atoms with Crippen LogP contribution in [-0.2, 0) is 9.47 Å². The van der Waals surface area contributed by atoms with Gasteiger partial charge < -0.3 is 14.0 Å². The molecular formula is C13H20N2O3. The van der Waals surface area contributed by atoms with Crippen molar-refractivity contribution in [2.45, 2.75) is 32.7 Å². The van der Waals surface area contributed by atoms with Crippen LogP contribution in [0.3, 0.4) is 0 Å². The van der Waals surface area contributed by atoms with Gasteiger partial charge in [0.25, 0.3) is 0 Å². The molecule has 0 N–H and O–H groups in total. The first-order chi connectivity index (χ1) is 8.72. The van der Waals surface area contributed by atoms with Crippen molar-refractivity contribution in [2.24, 2.45) is 5.92 Å². The first-order valence-electron chi connectivity index (χ1n) is 6.50. The molecule has 1 fully saturated rings. The van der Waals surface area contributed by atoms with Gasteiger partial charge in [0.15, 0.2) is 5.69 Å². The van der Waals surface area contributed by atoms with E-state index in [1.807, 2.05) is 4.57 Å². The highest BCUT2D eigenvalue weighted by molar-refractivity contribution is 5.86. The summed E-state index contributed by atoms with van der Waals surface area (Å²) < 4.78 is 12.3. The minimum atomic E-state index is -0.351. The first kappa shape index (κ1) is 13.1. The molecule has 0 aliphatic carbocycles. The average molecular weight is 252 g/mol. The fraction of sp³-hybridized carbons (Fsp3) is 0.692. The molecule has 1 unspecified atom stereocenters. The number of ether oxygens (including phenoxy) is 2. The summed E-state index contributed by atoms with van der Waals surface area (Å²) in [6.07, 6.45) is 5.62. The number of imidazole rings is 1. The van der Waals surface area contributed by atoms with Crippen LogP contribution in [0.15, 0.2) is 12.5 Å². The maximum Gasteiger partial charge on any atom is 0.358 e. The Morgan fingerprint density at radius 2 is 2.33 bits per heavy atom. The lowest BCUT2D eigenvalue weighted by atomic mass is 9.93. The van der Waals surface area contributed by atoms with Crippen molar-refractivity contribution in [1.29, 1.82) is 0 Å². The summed E-state index contributed by atoms with van der Waals surface area (Å²) in [4.78, 5) is 15.6. The lowest BCUT2D eigenvalue weighted by molar-refractivity contribution is 0.0504. The highest BCUT2D eigenvalue weighted by Crippen LogP contribution is 2.27. The molecule has 0 aromatic carbocycles. The van der Waals surface area contributed by atoms with Crippen molar-refractivity contribution in [3.63, 3.8) is 0 Å². The van der Waals surface area contributed by atoms with E-state index in [0.29, 0.717) is 24.3 Å². The zero-order valence-corrected chi connectivity index (χ0v) is 11.0. The summed E-state index contributed by atoms with van der Waals surface area (Å²) in [7, 11) is 0. The normalized spacial score (nSPS) is 18.6. The van der Waals surface area contributed by atoms with E-state index in [-0.39, 0.29) is 5.97 Å². The van der Waals surface area contributed by atoms with Crippen LogP contribution in [0, 0.1) is 5.92 Å². The SMILES string of the molecule is CCOC(=O)c1cn(C(C)C2CCOCC2)cn1. The molecule has 1 aromatic heterocycles. The van der Waals surface area contributed by atoms with E-state index in [9.17, 15) is 4.79 Å². The summed E-state index contributed by atoms with van der Waals surface area (Å²) in [6, 6.07) is 0.338. The largest absolute Gasteiger partial charge is 0.461 e. The molecule has 1 aliphatic heterocycles. The van der Waals surface area contributed by atoms with E-state index < -0.39 is 0 Å². The van der Waals surface area contributed by atoms with Crippen LogP contribution in [0.2, 0.25) is 0 Å². The van der Waals surface area contributed by atoms with E-state index in [1.165, 1.54) is 0 Å². The summed E-state index contributed by atoms with van der Waals surface area (Å²) in [5.74, 6) is 0.235. The van der Waals surface area contributed by atoms with Gasteiger partial charge in [-0.05, 0) is 32.6 Å². The maximum absolute atomic E-state index is 11.5. The third-order valence-corrected chi connectivity index (χ3v) is 3.50. The summed E-state index contributed by atoms with van der Waals surface area (Å²) in [5.41, 5.74) is 0.385. The Morgan fingerprint density at radius 3 is 3.00 bits per heavy atom. The fourth-order valence-electron chi connectivity index (χ4n) is 2.31. The van der Waals surface area contributed by atoms with Crippen molar-refractivity contribution in [3.8, 4) is 0 Å². The van der Waals surface area contributed by atoms with Crippen LogP contribution in [0.5, 0.6) is 0 Å². The number of rotatable bonds is 4. The van der Waals surface area contributed by atoms with Crippen LogP contribution in [-0.4, -0.2) is 35.3 Å². The lowest BCUT2D eigenvalue weighted by Gasteiger charge is -2.28. The van der Waals surface area contributed by atoms with Gasteiger partial charge in [0, 0.05) is 25.5 Å². The van der Waals surface area contributed by atoms with E-state index >= 15 is 0 Å². The molecule has 100 valence electrons. The molecule has 1 saturated heterocycles. The number of hydrogen-bond donors (Lipinski definition) is 0. The van der Waals surface area contributed by atoms with Gasteiger partial charge in [0.05, 0.1) is 12.9 Å². The second-order valence-electron chi connectivity index (χ2n) is 4.62. The Bertz CT molecular complexity index is 397. The van der Waals surface area contributed by atoms with Crippen molar-refractivity contribution in [3.05, 3.63) is 18.2 Å². The second kappa shape index (κ2) is 6.00. The van der Waals surface area contributed by atoms with Gasteiger partial charge in [-0.25, -0.2) is 9.78 Å². The summed E-state index contributed by atoms with van der Waals surface area (Å²) in [5, 5.41) is 0. The monoisotopic (exact) mass is 252 g/mol. The molecule has 1 atom stereocenters. The van der Waals surface area contributed by atoms with Crippen LogP contribution in [0.25, 0.3) is 0 Å². The number of esters is 1. The molecule has 2 rings (SSSR count). The van der Waals surface area contributed by atoms with Crippen LogP contribution >= 0.6 is 0 Å². The van der Waals surface area contributed by atoms with Crippen LogP contribution in [0.4, 0.5) is 0 Å². The van der Waals surface area contributed by atoms with Crippen molar-refractivity contribution in [2.75, 3.05) is 19.8 Å². The number of carbonyl (C=O) groups excluding carboxylic acids is 1. The molecule has 0 amide bonds. The summed E-state index contributed by atoms with van der Waals surface area (Å²) >= 11 is 0. The molecule has 5 nitrogen and oxygen atoms in total. The van der Waals surface area contributed by atoms with Crippen molar-refractivity contribution >= 4 is 5.97 Å². The first-order valence-corrected chi connectivity index (χ1v) is 6.50. The number of nitrogens with zero attached hydrogens (tertiary/aromatic N) is 2. The molecular weight excluding hydrogens is 232 g/mol. The van der Waals surface area contributed by atoms with Gasteiger partial charge >= 0.3 is 5.97 Å². The van der Waals surface area contributed by atoms with Gasteiger partial charge in [-0.2, -0.15) is 0 Å². The minimum absolute atomic E-state index is 0.338. The Hall–Kier alpha value is -1.36. The molecule has 2 heterocycles. The Kier molecular flexibility index (Phi) is 4.36. The highest BCUT2D eigenvalue weighted by Gasteiger charge is 2.22. The number of aromatic nitrogens is 2. The number of carbonyl (C=O) groups is 1. The number of hydrogen-bond acceptors (Lipinski definition) is 4. The standard InChI is InChI=1S/C13H20N2O3/c1-3-18-13(16)12-8-15(9-14-12)10(2)11-4-6-17-7-5-11/h8-11H,3-7H2,1-2H3. The Morgan fingerprint density at radius 1 is 1.61 bits per heavy atom. The Balaban J connectivity index is 2.02. The topological polar surface area (TPSA) is 53.4 Å². The van der Waals surface area contributed by atoms with Gasteiger partial charge in [-0.15, -0.1) is 0 Å². The molecule has 0 radical (unpaired) electrons. The Labute approximate surface area is 107 Å². The van der Waals surface area contributed by atoms with Crippen LogP contribution in [0.1, 0.15) is 43.2 Å². The van der Waals surface area contributed by atoms with E-state index in [4.69, 9.17) is 9.47 Å². The van der Waals surface area contributed by atoms with Crippen LogP contribution < -0.4 is 0 Å². The lowest BCUT2D eigenvalue weighted by Crippen LogP contribution is -2.23. The molecule has 5 heteroatoms. The third kappa shape index (κ3) is 2.90. The van der Waals surface area contributed by atoms with Crippen molar-refractivity contribution < 1.29 is 14.3 Å². The van der Waals surface area contributed by atoms with Gasteiger partial charge in [-0.1, -0.05) is 0 Å². The van der Waals surface area contributed by atoms with Gasteiger partial charge in [-0.3, -0.25) is 0 Å². The molecule has 1 aromatic rings. The molecule has 0 spiro atoms. The molecule has 1 aliphatic rings. The van der Waals surface area contributed by atoms with E-state index in [0.717, 1.165) is 26.1 Å². The quantitative estimate of drug-likeness (QED) is 0.770. The van der Waals surface area contributed by atoms with Crippen molar-refractivity contribution in [1.82, 2.24) is 9.55 Å². The fourth-order valence-corrected chi connectivity index (χ4v) is 2.31. The van der Waals surface area contributed by atoms with E-state index in [1.54, 1.807) is 19.4 Å². The molecule has 0 bridgehead atoms. The van der Waals surface area contributed by atoms with E-state index in [2.05, 4.69) is 11.9 Å². The zero-order chi connectivity index (χ0) is 13.0. The zero-order valence-electron chi connectivity index (χ0n) is 11.0. The molecule has 18 heavy (non-hydrogen) atoms. The van der Waals surface area contributed by atoms with Gasteiger partial charge in [0.1, 0.15) is 0 Å². The molecule has 0 saturated carbocycles. The predicted octanol–water partition coefficient (Wildman–Crippen LogP) is 2.05. The smallest absolute Gasteiger partial charge is 0.358 e.